The number of ketones is 1. The van der Waals surface area contributed by atoms with Gasteiger partial charge in [0, 0.05) is 25.5 Å². The van der Waals surface area contributed by atoms with Gasteiger partial charge < -0.3 is 15.3 Å². The van der Waals surface area contributed by atoms with E-state index < -0.39 is 0 Å². The third-order valence-corrected chi connectivity index (χ3v) is 4.07. The van der Waals surface area contributed by atoms with Gasteiger partial charge in [-0.3, -0.25) is 9.59 Å². The van der Waals surface area contributed by atoms with Crippen LogP contribution in [0, 0.1) is 0 Å². The van der Waals surface area contributed by atoms with Crippen molar-refractivity contribution >= 4 is 23.1 Å². The number of benzene rings is 1. The number of hydrogen-bond acceptors (Lipinski definition) is 5. The van der Waals surface area contributed by atoms with Gasteiger partial charge in [-0.15, -0.1) is 0 Å². The molecule has 0 aliphatic heterocycles. The van der Waals surface area contributed by atoms with Crippen LogP contribution < -0.4 is 5.32 Å². The Morgan fingerprint density at radius 2 is 1.96 bits per heavy atom. The maximum Gasteiger partial charge on any atom is 0.221 e. The number of anilines is 1. The molecule has 0 saturated carbocycles. The highest BCUT2D eigenvalue weighted by Crippen LogP contribution is 2.34. The number of nitrogens with one attached hydrogen (secondary N) is 1. The van der Waals surface area contributed by atoms with Crippen LogP contribution in [-0.2, 0) is 14.4 Å². The fourth-order valence-corrected chi connectivity index (χ4v) is 2.93. The lowest BCUT2D eigenvalue weighted by Crippen LogP contribution is -2.23. The molecular formula is C19H24N2O4. The van der Waals surface area contributed by atoms with Gasteiger partial charge in [-0.1, -0.05) is 24.2 Å². The third kappa shape index (κ3) is 4.68. The second-order valence-electron chi connectivity index (χ2n) is 5.96. The molecule has 1 aliphatic carbocycles. The number of aliphatic hydroxyl groups is 1. The van der Waals surface area contributed by atoms with Crippen molar-refractivity contribution in [3.8, 4) is 0 Å². The van der Waals surface area contributed by atoms with E-state index in [1.54, 1.807) is 12.1 Å². The lowest BCUT2D eigenvalue weighted by molar-refractivity contribution is -0.116. The number of hydrogen-bond donors (Lipinski definition) is 2. The summed E-state index contributed by atoms with van der Waals surface area (Å²) in [6.07, 6.45) is 1.21. The zero-order valence-electron chi connectivity index (χ0n) is 14.8. The van der Waals surface area contributed by atoms with Gasteiger partial charge in [-0.05, 0) is 37.0 Å². The smallest absolute Gasteiger partial charge is 0.221 e. The Bertz CT molecular complexity index is 705. The van der Waals surface area contributed by atoms with E-state index >= 15 is 0 Å². The minimum absolute atomic E-state index is 0.0625. The van der Waals surface area contributed by atoms with Gasteiger partial charge in [0.05, 0.1) is 11.3 Å². The molecule has 0 aromatic heterocycles. The van der Waals surface area contributed by atoms with Crippen molar-refractivity contribution in [2.24, 2.45) is 5.16 Å². The Kier molecular flexibility index (Phi) is 6.33. The monoisotopic (exact) mass is 344 g/mol. The fourth-order valence-electron chi connectivity index (χ4n) is 2.93. The van der Waals surface area contributed by atoms with Crippen LogP contribution in [0.3, 0.4) is 0 Å². The first-order chi connectivity index (χ1) is 12.0. The molecule has 2 rings (SSSR count). The molecule has 134 valence electrons. The van der Waals surface area contributed by atoms with E-state index in [-0.39, 0.29) is 23.4 Å². The van der Waals surface area contributed by atoms with E-state index in [0.29, 0.717) is 42.8 Å². The quantitative estimate of drug-likeness (QED) is 0.608. The SMILES string of the molecule is CCO/N=C(/CC)C1=C(O)CC(c2ccc(NC(C)=O)cc2)CC1=O. The second-order valence-corrected chi connectivity index (χ2v) is 5.96. The number of Topliss-reactive ketones (excluding diaryl/α,β-unsaturated/α-hetero) is 1. The molecule has 6 nitrogen and oxygen atoms in total. The number of carbonyl (C=O) groups is 2. The van der Waals surface area contributed by atoms with Crippen LogP contribution in [0.15, 0.2) is 40.8 Å². The van der Waals surface area contributed by atoms with E-state index in [9.17, 15) is 14.7 Å². The topological polar surface area (TPSA) is 88.0 Å². The first-order valence-corrected chi connectivity index (χ1v) is 8.48. The maximum absolute atomic E-state index is 12.6. The summed E-state index contributed by atoms with van der Waals surface area (Å²) < 4.78 is 0. The zero-order chi connectivity index (χ0) is 18.4. The summed E-state index contributed by atoms with van der Waals surface area (Å²) in [5.41, 5.74) is 2.44. The van der Waals surface area contributed by atoms with Gasteiger partial charge in [-0.2, -0.15) is 0 Å². The molecule has 2 N–H and O–H groups in total. The van der Waals surface area contributed by atoms with Crippen molar-refractivity contribution in [2.75, 3.05) is 11.9 Å². The molecule has 25 heavy (non-hydrogen) atoms. The van der Waals surface area contributed by atoms with E-state index in [4.69, 9.17) is 4.84 Å². The lowest BCUT2D eigenvalue weighted by atomic mass is 9.81. The zero-order valence-corrected chi connectivity index (χ0v) is 14.8. The van der Waals surface area contributed by atoms with E-state index in [1.807, 2.05) is 26.0 Å². The maximum atomic E-state index is 12.6. The van der Waals surface area contributed by atoms with Crippen LogP contribution in [0.5, 0.6) is 0 Å². The molecule has 1 atom stereocenters. The summed E-state index contributed by atoms with van der Waals surface area (Å²) in [4.78, 5) is 28.7. The van der Waals surface area contributed by atoms with Crippen molar-refractivity contribution in [3.63, 3.8) is 0 Å². The molecule has 0 heterocycles. The predicted molar refractivity (Wildman–Crippen MR) is 96.7 cm³/mol. The van der Waals surface area contributed by atoms with Crippen molar-refractivity contribution in [1.82, 2.24) is 0 Å². The molecule has 0 radical (unpaired) electrons. The normalized spacial score (nSPS) is 18.3. The van der Waals surface area contributed by atoms with Crippen LogP contribution in [0.25, 0.3) is 0 Å². The summed E-state index contributed by atoms with van der Waals surface area (Å²) in [5, 5.41) is 17.1. The molecule has 1 aliphatic rings. The molecule has 1 aromatic carbocycles. The molecule has 0 fully saturated rings. The number of amides is 1. The highest BCUT2D eigenvalue weighted by molar-refractivity contribution is 6.23. The standard InChI is InChI=1S/C19H24N2O4/c1-4-16(21-25-5-2)19-17(23)10-14(11-18(19)24)13-6-8-15(9-7-13)20-12(3)22/h6-9,14,23H,4-5,10-11H2,1-3H3,(H,20,22)/b21-16-. The fraction of sp³-hybridized carbons (Fsp3) is 0.421. The van der Waals surface area contributed by atoms with Gasteiger partial charge >= 0.3 is 0 Å². The predicted octanol–water partition coefficient (Wildman–Crippen LogP) is 3.71. The van der Waals surface area contributed by atoms with E-state index in [2.05, 4.69) is 10.5 Å². The van der Waals surface area contributed by atoms with Gasteiger partial charge in [0.15, 0.2) is 5.78 Å². The molecule has 0 saturated heterocycles. The van der Waals surface area contributed by atoms with Crippen molar-refractivity contribution in [3.05, 3.63) is 41.2 Å². The Morgan fingerprint density at radius 1 is 1.28 bits per heavy atom. The minimum atomic E-state index is -0.133. The summed E-state index contributed by atoms with van der Waals surface area (Å²) in [6.45, 7) is 5.55. The molecule has 1 aromatic rings. The van der Waals surface area contributed by atoms with E-state index in [1.165, 1.54) is 6.92 Å². The molecule has 0 bridgehead atoms. The van der Waals surface area contributed by atoms with Gasteiger partial charge in [0.1, 0.15) is 12.4 Å². The third-order valence-electron chi connectivity index (χ3n) is 4.07. The largest absolute Gasteiger partial charge is 0.511 e. The van der Waals surface area contributed by atoms with Gasteiger partial charge in [0.2, 0.25) is 5.91 Å². The summed E-state index contributed by atoms with van der Waals surface area (Å²) in [5.74, 6) is -0.285. The lowest BCUT2D eigenvalue weighted by Gasteiger charge is -2.24. The molecule has 6 heteroatoms. The Labute approximate surface area is 147 Å². The average molecular weight is 344 g/mol. The number of rotatable bonds is 6. The van der Waals surface area contributed by atoms with Gasteiger partial charge in [0.25, 0.3) is 0 Å². The second kappa shape index (κ2) is 8.46. The first-order valence-electron chi connectivity index (χ1n) is 8.48. The minimum Gasteiger partial charge on any atom is -0.511 e. The molecule has 1 unspecified atom stereocenters. The van der Waals surface area contributed by atoms with Crippen LogP contribution in [-0.4, -0.2) is 29.1 Å². The van der Waals surface area contributed by atoms with Crippen LogP contribution >= 0.6 is 0 Å². The molecule has 1 amide bonds. The number of oxime groups is 1. The summed E-state index contributed by atoms with van der Waals surface area (Å²) in [7, 11) is 0. The summed E-state index contributed by atoms with van der Waals surface area (Å²) >= 11 is 0. The highest BCUT2D eigenvalue weighted by Gasteiger charge is 2.31. The number of carbonyl (C=O) groups excluding carboxylic acids is 2. The Balaban J connectivity index is 2.20. The van der Waals surface area contributed by atoms with Crippen LogP contribution in [0.1, 0.15) is 51.5 Å². The number of allylic oxidation sites excluding steroid dienone is 2. The Hall–Kier alpha value is -2.63. The van der Waals surface area contributed by atoms with Crippen molar-refractivity contribution < 1.29 is 19.5 Å². The van der Waals surface area contributed by atoms with E-state index in [0.717, 1.165) is 5.56 Å². The molecular weight excluding hydrogens is 320 g/mol. The van der Waals surface area contributed by atoms with Crippen LogP contribution in [0.4, 0.5) is 5.69 Å². The Morgan fingerprint density at radius 3 is 2.48 bits per heavy atom. The average Bonchev–Trinajstić information content (AvgIpc) is 2.57. The van der Waals surface area contributed by atoms with Crippen molar-refractivity contribution in [1.29, 1.82) is 0 Å². The van der Waals surface area contributed by atoms with Crippen molar-refractivity contribution in [2.45, 2.75) is 46.0 Å². The van der Waals surface area contributed by atoms with Crippen LogP contribution in [0.2, 0.25) is 0 Å². The summed E-state index contributed by atoms with van der Waals surface area (Å²) in [6, 6.07) is 7.34. The molecule has 0 spiro atoms. The van der Waals surface area contributed by atoms with Gasteiger partial charge in [-0.25, -0.2) is 0 Å². The first kappa shape index (κ1) is 18.7. The highest BCUT2D eigenvalue weighted by atomic mass is 16.6. The number of aliphatic hydroxyl groups excluding tert-OH is 1. The number of nitrogens with zero attached hydrogens (tertiary/aromatic N) is 1.